The summed E-state index contributed by atoms with van der Waals surface area (Å²) in [4.78, 5) is 4.19. The lowest BCUT2D eigenvalue weighted by atomic mass is 10.1. The van der Waals surface area contributed by atoms with Crippen molar-refractivity contribution in [1.82, 2.24) is 9.55 Å². The Balaban J connectivity index is 1.94. The van der Waals surface area contributed by atoms with Gasteiger partial charge in [-0.15, -0.1) is 0 Å². The van der Waals surface area contributed by atoms with Gasteiger partial charge >= 0.3 is 0 Å². The lowest BCUT2D eigenvalue weighted by Gasteiger charge is -2.12. The number of benzene rings is 1. The molecular formula is C13H17N3. The summed E-state index contributed by atoms with van der Waals surface area (Å²) in [6, 6.07) is 10.3. The molecule has 1 heterocycles. The van der Waals surface area contributed by atoms with Crippen LogP contribution < -0.4 is 5.73 Å². The molecule has 0 saturated heterocycles. The van der Waals surface area contributed by atoms with Gasteiger partial charge in [0.2, 0.25) is 0 Å². The fourth-order valence-corrected chi connectivity index (χ4v) is 1.79. The molecule has 0 spiro atoms. The highest BCUT2D eigenvalue weighted by atomic mass is 15.0. The number of aryl methyl sites for hydroxylation is 2. The predicted octanol–water partition coefficient (Wildman–Crippen LogP) is 2.28. The average molecular weight is 215 g/mol. The predicted molar refractivity (Wildman–Crippen MR) is 65.0 cm³/mol. The highest BCUT2D eigenvalue weighted by Gasteiger charge is 2.05. The quantitative estimate of drug-likeness (QED) is 0.850. The monoisotopic (exact) mass is 215 g/mol. The molecule has 0 fully saturated rings. The van der Waals surface area contributed by atoms with Crippen LogP contribution in [0, 0.1) is 6.92 Å². The van der Waals surface area contributed by atoms with E-state index in [1.807, 2.05) is 37.5 Å². The second-order valence-corrected chi connectivity index (χ2v) is 3.97. The Labute approximate surface area is 95.9 Å². The van der Waals surface area contributed by atoms with Gasteiger partial charge in [-0.2, -0.15) is 0 Å². The molecule has 3 heteroatoms. The summed E-state index contributed by atoms with van der Waals surface area (Å²) in [5.41, 5.74) is 7.32. The first-order chi connectivity index (χ1) is 7.77. The SMILES string of the molecule is Cc1nccn1CCC(N)c1ccccc1. The Kier molecular flexibility index (Phi) is 3.37. The van der Waals surface area contributed by atoms with Crippen molar-refractivity contribution in [3.05, 3.63) is 54.1 Å². The normalized spacial score (nSPS) is 12.6. The van der Waals surface area contributed by atoms with Gasteiger partial charge in [0, 0.05) is 25.0 Å². The Bertz CT molecular complexity index is 433. The highest BCUT2D eigenvalue weighted by Crippen LogP contribution is 2.14. The first-order valence-corrected chi connectivity index (χ1v) is 5.55. The van der Waals surface area contributed by atoms with Crippen LogP contribution in [0.3, 0.4) is 0 Å². The summed E-state index contributed by atoms with van der Waals surface area (Å²) in [5, 5.41) is 0. The minimum atomic E-state index is 0.1000. The van der Waals surface area contributed by atoms with Crippen LogP contribution in [0.5, 0.6) is 0 Å². The summed E-state index contributed by atoms with van der Waals surface area (Å²) >= 11 is 0. The molecular weight excluding hydrogens is 198 g/mol. The number of aromatic nitrogens is 2. The Hall–Kier alpha value is -1.61. The highest BCUT2D eigenvalue weighted by molar-refractivity contribution is 5.18. The van der Waals surface area contributed by atoms with Crippen LogP contribution in [-0.4, -0.2) is 9.55 Å². The van der Waals surface area contributed by atoms with Crippen LogP contribution in [0.15, 0.2) is 42.7 Å². The molecule has 2 rings (SSSR count). The zero-order chi connectivity index (χ0) is 11.4. The molecule has 2 N–H and O–H groups in total. The third kappa shape index (κ3) is 2.49. The second-order valence-electron chi connectivity index (χ2n) is 3.97. The second kappa shape index (κ2) is 4.94. The van der Waals surface area contributed by atoms with Crippen LogP contribution in [0.25, 0.3) is 0 Å². The number of hydrogen-bond acceptors (Lipinski definition) is 2. The lowest BCUT2D eigenvalue weighted by Crippen LogP contribution is -2.13. The van der Waals surface area contributed by atoms with E-state index in [2.05, 4.69) is 21.7 Å². The minimum absolute atomic E-state index is 0.1000. The van der Waals surface area contributed by atoms with E-state index in [1.165, 1.54) is 5.56 Å². The van der Waals surface area contributed by atoms with E-state index in [9.17, 15) is 0 Å². The fourth-order valence-electron chi connectivity index (χ4n) is 1.79. The van der Waals surface area contributed by atoms with Gasteiger partial charge in [0.15, 0.2) is 0 Å². The number of imidazole rings is 1. The van der Waals surface area contributed by atoms with Crippen molar-refractivity contribution < 1.29 is 0 Å². The van der Waals surface area contributed by atoms with E-state index in [1.54, 1.807) is 0 Å². The summed E-state index contributed by atoms with van der Waals surface area (Å²) in [6.07, 6.45) is 4.75. The van der Waals surface area contributed by atoms with Gasteiger partial charge in [0.05, 0.1) is 0 Å². The average Bonchev–Trinajstić information content (AvgIpc) is 2.73. The van der Waals surface area contributed by atoms with Crippen molar-refractivity contribution >= 4 is 0 Å². The summed E-state index contributed by atoms with van der Waals surface area (Å²) < 4.78 is 2.13. The maximum atomic E-state index is 6.13. The first-order valence-electron chi connectivity index (χ1n) is 5.55. The molecule has 0 aliphatic heterocycles. The fraction of sp³-hybridized carbons (Fsp3) is 0.308. The summed E-state index contributed by atoms with van der Waals surface area (Å²) in [5.74, 6) is 1.04. The van der Waals surface area contributed by atoms with Crippen LogP contribution in [0.2, 0.25) is 0 Å². The third-order valence-corrected chi connectivity index (χ3v) is 2.83. The van der Waals surface area contributed by atoms with Gasteiger partial charge in [-0.25, -0.2) is 4.98 Å². The van der Waals surface area contributed by atoms with E-state index >= 15 is 0 Å². The van der Waals surface area contributed by atoms with Crippen LogP contribution in [0.4, 0.5) is 0 Å². The Morgan fingerprint density at radius 2 is 2.06 bits per heavy atom. The maximum Gasteiger partial charge on any atom is 0.105 e. The minimum Gasteiger partial charge on any atom is -0.335 e. The van der Waals surface area contributed by atoms with E-state index in [4.69, 9.17) is 5.73 Å². The van der Waals surface area contributed by atoms with Gasteiger partial charge in [-0.05, 0) is 18.9 Å². The van der Waals surface area contributed by atoms with Gasteiger partial charge in [0.25, 0.3) is 0 Å². The molecule has 0 aliphatic rings. The van der Waals surface area contributed by atoms with Crippen LogP contribution in [-0.2, 0) is 6.54 Å². The van der Waals surface area contributed by atoms with E-state index < -0.39 is 0 Å². The molecule has 1 aromatic heterocycles. The lowest BCUT2D eigenvalue weighted by molar-refractivity contribution is 0.552. The number of nitrogens with zero attached hydrogens (tertiary/aromatic N) is 2. The Morgan fingerprint density at radius 3 is 2.69 bits per heavy atom. The zero-order valence-electron chi connectivity index (χ0n) is 9.50. The molecule has 84 valence electrons. The smallest absolute Gasteiger partial charge is 0.105 e. The molecule has 1 aromatic carbocycles. The van der Waals surface area contributed by atoms with Crippen molar-refractivity contribution in [2.45, 2.75) is 25.9 Å². The maximum absolute atomic E-state index is 6.13. The zero-order valence-corrected chi connectivity index (χ0v) is 9.50. The molecule has 1 unspecified atom stereocenters. The van der Waals surface area contributed by atoms with Gasteiger partial charge in [-0.1, -0.05) is 30.3 Å². The molecule has 0 amide bonds. The molecule has 0 bridgehead atoms. The van der Waals surface area contributed by atoms with Crippen molar-refractivity contribution in [2.24, 2.45) is 5.73 Å². The van der Waals surface area contributed by atoms with Gasteiger partial charge < -0.3 is 10.3 Å². The van der Waals surface area contributed by atoms with Crippen LogP contribution >= 0.6 is 0 Å². The van der Waals surface area contributed by atoms with Crippen molar-refractivity contribution in [2.75, 3.05) is 0 Å². The number of rotatable bonds is 4. The molecule has 0 radical (unpaired) electrons. The van der Waals surface area contributed by atoms with Crippen molar-refractivity contribution in [1.29, 1.82) is 0 Å². The largest absolute Gasteiger partial charge is 0.335 e. The first kappa shape index (κ1) is 10.9. The van der Waals surface area contributed by atoms with E-state index in [-0.39, 0.29) is 6.04 Å². The summed E-state index contributed by atoms with van der Waals surface area (Å²) in [7, 11) is 0. The molecule has 0 aliphatic carbocycles. The molecule has 16 heavy (non-hydrogen) atoms. The Morgan fingerprint density at radius 1 is 1.31 bits per heavy atom. The third-order valence-electron chi connectivity index (χ3n) is 2.83. The topological polar surface area (TPSA) is 43.8 Å². The van der Waals surface area contributed by atoms with Crippen molar-refractivity contribution in [3.63, 3.8) is 0 Å². The molecule has 1 atom stereocenters. The van der Waals surface area contributed by atoms with Crippen LogP contribution in [0.1, 0.15) is 23.9 Å². The number of hydrogen-bond donors (Lipinski definition) is 1. The van der Waals surface area contributed by atoms with E-state index in [0.717, 1.165) is 18.8 Å². The van der Waals surface area contributed by atoms with Gasteiger partial charge in [0.1, 0.15) is 5.82 Å². The molecule has 0 saturated carbocycles. The standard InChI is InChI=1S/C13H17N3/c1-11-15-8-10-16(11)9-7-13(14)12-5-3-2-4-6-12/h2-6,8,10,13H,7,9,14H2,1H3. The molecule has 3 nitrogen and oxygen atoms in total. The molecule has 2 aromatic rings. The summed E-state index contributed by atoms with van der Waals surface area (Å²) in [6.45, 7) is 2.93. The van der Waals surface area contributed by atoms with Gasteiger partial charge in [-0.3, -0.25) is 0 Å². The van der Waals surface area contributed by atoms with E-state index in [0.29, 0.717) is 0 Å². The van der Waals surface area contributed by atoms with Crippen molar-refractivity contribution in [3.8, 4) is 0 Å². The number of nitrogens with two attached hydrogens (primary N) is 1.